The first-order valence-corrected chi connectivity index (χ1v) is 15.1. The summed E-state index contributed by atoms with van der Waals surface area (Å²) < 4.78 is 15.2. The third-order valence-corrected chi connectivity index (χ3v) is 9.18. The molecular formula is C31H32N6O4S. The molecule has 2 aliphatic rings. The number of para-hydroxylation sites is 1. The van der Waals surface area contributed by atoms with E-state index in [2.05, 4.69) is 20.4 Å². The lowest BCUT2D eigenvalue weighted by Gasteiger charge is -2.35. The van der Waals surface area contributed by atoms with Gasteiger partial charge in [0.05, 0.1) is 46.0 Å². The quantitative estimate of drug-likeness (QED) is 0.256. The van der Waals surface area contributed by atoms with Crippen molar-refractivity contribution < 1.29 is 19.4 Å². The van der Waals surface area contributed by atoms with Crippen molar-refractivity contribution in [2.75, 3.05) is 37.7 Å². The lowest BCUT2D eigenvalue weighted by Crippen LogP contribution is -2.46. The fraction of sp³-hybridized carbons (Fsp3) is 0.355. The first kappa shape index (κ1) is 26.8. The molecule has 0 bridgehead atoms. The number of thiazole rings is 1. The van der Waals surface area contributed by atoms with Crippen LogP contribution in [0.1, 0.15) is 40.6 Å². The number of fused-ring (bicyclic) bond motifs is 2. The summed E-state index contributed by atoms with van der Waals surface area (Å²) in [5.74, 6) is 1.50. The van der Waals surface area contributed by atoms with E-state index in [0.29, 0.717) is 19.0 Å². The van der Waals surface area contributed by atoms with E-state index in [1.807, 2.05) is 43.3 Å². The predicted molar refractivity (Wildman–Crippen MR) is 161 cm³/mol. The maximum Gasteiger partial charge on any atom is 0.335 e. The van der Waals surface area contributed by atoms with Gasteiger partial charge >= 0.3 is 5.97 Å². The van der Waals surface area contributed by atoms with Crippen LogP contribution >= 0.6 is 11.3 Å². The van der Waals surface area contributed by atoms with Gasteiger partial charge in [-0.15, -0.1) is 11.3 Å². The van der Waals surface area contributed by atoms with Crippen LogP contribution < -0.4 is 9.64 Å². The van der Waals surface area contributed by atoms with Gasteiger partial charge < -0.3 is 24.0 Å². The maximum absolute atomic E-state index is 11.6. The molecule has 5 aromatic rings. The molecule has 1 N–H and O–H groups in total. The Labute approximate surface area is 247 Å². The van der Waals surface area contributed by atoms with Crippen molar-refractivity contribution in [3.8, 4) is 5.88 Å². The van der Waals surface area contributed by atoms with Gasteiger partial charge in [-0.25, -0.2) is 14.8 Å². The molecule has 0 aliphatic carbocycles. The number of carboxylic acids is 1. The Balaban J connectivity index is 1.02. The second-order valence-corrected chi connectivity index (χ2v) is 11.9. The number of pyridine rings is 1. The van der Waals surface area contributed by atoms with E-state index >= 15 is 0 Å². The number of benzene rings is 2. The van der Waals surface area contributed by atoms with Gasteiger partial charge in [0.15, 0.2) is 0 Å². The molecule has 0 saturated carbocycles. The van der Waals surface area contributed by atoms with Crippen LogP contribution in [0.25, 0.3) is 21.3 Å². The average Bonchev–Trinajstić information content (AvgIpc) is 3.56. The summed E-state index contributed by atoms with van der Waals surface area (Å²) in [7, 11) is 0. The predicted octanol–water partition coefficient (Wildman–Crippen LogP) is 4.99. The van der Waals surface area contributed by atoms with E-state index in [1.165, 1.54) is 0 Å². The first-order valence-electron chi connectivity index (χ1n) is 14.3. The molecular weight excluding hydrogens is 552 g/mol. The normalized spacial score (nSPS) is 18.3. The van der Waals surface area contributed by atoms with Gasteiger partial charge in [0, 0.05) is 38.9 Å². The molecule has 0 spiro atoms. The van der Waals surface area contributed by atoms with Crippen molar-refractivity contribution in [2.45, 2.75) is 38.6 Å². The van der Waals surface area contributed by atoms with Gasteiger partial charge in [-0.1, -0.05) is 18.2 Å². The summed E-state index contributed by atoms with van der Waals surface area (Å²) >= 11 is 1.65. The van der Waals surface area contributed by atoms with Crippen molar-refractivity contribution in [2.24, 2.45) is 0 Å². The van der Waals surface area contributed by atoms with Gasteiger partial charge in [0.1, 0.15) is 22.8 Å². The van der Waals surface area contributed by atoms with Gasteiger partial charge in [0.25, 0.3) is 0 Å². The molecule has 2 aromatic carbocycles. The van der Waals surface area contributed by atoms with Crippen molar-refractivity contribution in [1.29, 1.82) is 0 Å². The largest absolute Gasteiger partial charge is 0.478 e. The van der Waals surface area contributed by atoms with Crippen LogP contribution in [0.2, 0.25) is 0 Å². The molecule has 7 rings (SSSR count). The fourth-order valence-corrected chi connectivity index (χ4v) is 6.49. The van der Waals surface area contributed by atoms with Crippen LogP contribution in [0.3, 0.4) is 0 Å². The average molecular weight is 585 g/mol. The van der Waals surface area contributed by atoms with E-state index in [0.717, 1.165) is 77.1 Å². The standard InChI is InChI=1S/C31H32N6O4S/c1-20(30-33-24-5-2-3-6-26(24)42-30)41-29-8-4-7-27(34-29)36-14-12-35(13-15-36)19-28-32-23-10-9-21(31(38)39)17-25(23)37(28)18-22-11-16-40-22/h2-10,17,20,22H,11-16,18-19H2,1H3,(H,38,39)/t20-,22-/m0/s1. The molecule has 0 radical (unpaired) electrons. The topological polar surface area (TPSA) is 106 Å². The number of carboxylic acid groups (broad SMARTS) is 1. The number of carbonyl (C=O) groups is 1. The van der Waals surface area contributed by atoms with Crippen LogP contribution in [0.4, 0.5) is 5.82 Å². The molecule has 0 unspecified atom stereocenters. The highest BCUT2D eigenvalue weighted by Gasteiger charge is 2.25. The number of imidazole rings is 1. The number of rotatable bonds is 9. The molecule has 2 aliphatic heterocycles. The Morgan fingerprint density at radius 3 is 2.64 bits per heavy atom. The van der Waals surface area contributed by atoms with Crippen molar-refractivity contribution >= 4 is 44.4 Å². The highest BCUT2D eigenvalue weighted by Crippen LogP contribution is 2.30. The Kier molecular flexibility index (Phi) is 7.22. The zero-order valence-electron chi connectivity index (χ0n) is 23.3. The summed E-state index contributed by atoms with van der Waals surface area (Å²) in [4.78, 5) is 30.7. The zero-order chi connectivity index (χ0) is 28.6. The van der Waals surface area contributed by atoms with Gasteiger partial charge in [-0.05, 0) is 49.7 Å². The monoisotopic (exact) mass is 584 g/mol. The summed E-state index contributed by atoms with van der Waals surface area (Å²) in [6.45, 7) is 7.54. The van der Waals surface area contributed by atoms with Crippen LogP contribution in [-0.4, -0.2) is 74.4 Å². The van der Waals surface area contributed by atoms with E-state index in [1.54, 1.807) is 29.5 Å². The molecule has 2 fully saturated rings. The van der Waals surface area contributed by atoms with E-state index in [-0.39, 0.29) is 17.8 Å². The number of aromatic carboxylic acids is 1. The minimum absolute atomic E-state index is 0.143. The smallest absolute Gasteiger partial charge is 0.335 e. The van der Waals surface area contributed by atoms with Crippen LogP contribution in [-0.2, 0) is 17.8 Å². The summed E-state index contributed by atoms with van der Waals surface area (Å²) in [6.07, 6.45) is 0.952. The number of nitrogens with zero attached hydrogens (tertiary/aromatic N) is 6. The van der Waals surface area contributed by atoms with Crippen molar-refractivity contribution in [3.05, 3.63) is 77.1 Å². The number of piperazine rings is 1. The zero-order valence-corrected chi connectivity index (χ0v) is 24.2. The van der Waals surface area contributed by atoms with Crippen LogP contribution in [0.5, 0.6) is 5.88 Å². The Bertz CT molecular complexity index is 1710. The van der Waals surface area contributed by atoms with Gasteiger partial charge in [-0.3, -0.25) is 4.90 Å². The molecule has 3 aromatic heterocycles. The molecule has 0 amide bonds. The lowest BCUT2D eigenvalue weighted by atomic mass is 10.1. The number of ether oxygens (including phenoxy) is 2. The van der Waals surface area contributed by atoms with E-state index < -0.39 is 5.97 Å². The summed E-state index contributed by atoms with van der Waals surface area (Å²) in [5, 5.41) is 10.5. The molecule has 11 heteroatoms. The molecule has 216 valence electrons. The highest BCUT2D eigenvalue weighted by molar-refractivity contribution is 7.18. The van der Waals surface area contributed by atoms with E-state index in [9.17, 15) is 9.90 Å². The van der Waals surface area contributed by atoms with Gasteiger partial charge in [-0.2, -0.15) is 4.98 Å². The maximum atomic E-state index is 11.6. The Hall–Kier alpha value is -4.06. The fourth-order valence-electron chi connectivity index (χ4n) is 5.54. The molecule has 2 atom stereocenters. The van der Waals surface area contributed by atoms with E-state index in [4.69, 9.17) is 24.4 Å². The molecule has 5 heterocycles. The number of hydrogen-bond acceptors (Lipinski definition) is 9. The third kappa shape index (κ3) is 5.42. The lowest BCUT2D eigenvalue weighted by molar-refractivity contribution is -0.0592. The van der Waals surface area contributed by atoms with Crippen LogP contribution in [0, 0.1) is 0 Å². The number of anilines is 1. The second kappa shape index (κ2) is 11.3. The number of aromatic nitrogens is 4. The minimum atomic E-state index is -0.934. The summed E-state index contributed by atoms with van der Waals surface area (Å²) in [5.41, 5.74) is 2.92. The molecule has 2 saturated heterocycles. The van der Waals surface area contributed by atoms with Crippen molar-refractivity contribution in [1.82, 2.24) is 24.4 Å². The Morgan fingerprint density at radius 2 is 1.88 bits per heavy atom. The minimum Gasteiger partial charge on any atom is -0.478 e. The van der Waals surface area contributed by atoms with Gasteiger partial charge in [0.2, 0.25) is 5.88 Å². The Morgan fingerprint density at radius 1 is 1.05 bits per heavy atom. The summed E-state index contributed by atoms with van der Waals surface area (Å²) in [6, 6.07) is 19.2. The first-order chi connectivity index (χ1) is 20.5. The van der Waals surface area contributed by atoms with Crippen molar-refractivity contribution in [3.63, 3.8) is 0 Å². The van der Waals surface area contributed by atoms with Crippen LogP contribution in [0.15, 0.2) is 60.7 Å². The second-order valence-electron chi connectivity index (χ2n) is 10.8. The number of hydrogen-bond donors (Lipinski definition) is 1. The molecule has 10 nitrogen and oxygen atoms in total. The highest BCUT2D eigenvalue weighted by atomic mass is 32.1. The SMILES string of the molecule is C[C@H](Oc1cccc(N2CCN(Cc3nc4ccc(C(=O)O)cc4n3C[C@@H]3CCO3)CC2)n1)c1nc2ccccc2s1. The third-order valence-electron chi connectivity index (χ3n) is 7.98. The molecule has 42 heavy (non-hydrogen) atoms.